The van der Waals surface area contributed by atoms with Crippen molar-refractivity contribution in [2.75, 3.05) is 6.61 Å². The molecule has 1 saturated carbocycles. The van der Waals surface area contributed by atoms with Crippen LogP contribution in [0.5, 0.6) is 0 Å². The van der Waals surface area contributed by atoms with Gasteiger partial charge in [-0.1, -0.05) is 26.2 Å². The molecule has 4 heteroatoms. The fourth-order valence-electron chi connectivity index (χ4n) is 2.29. The monoisotopic (exact) mass is 230 g/mol. The van der Waals surface area contributed by atoms with E-state index in [1.807, 2.05) is 0 Å². The van der Waals surface area contributed by atoms with E-state index < -0.39 is 12.2 Å². The standard InChI is InChI=1S/C12H22O4/c1-2-11(15)16-12(10(14)8-13)9-6-4-3-5-7-9/h9-10,12-14H,2-8H2,1H3. The van der Waals surface area contributed by atoms with Crippen LogP contribution in [0.3, 0.4) is 0 Å². The van der Waals surface area contributed by atoms with Crippen LogP contribution in [0.1, 0.15) is 45.4 Å². The first-order valence-electron chi connectivity index (χ1n) is 6.17. The molecule has 0 amide bonds. The molecule has 2 unspecified atom stereocenters. The topological polar surface area (TPSA) is 66.8 Å². The van der Waals surface area contributed by atoms with E-state index >= 15 is 0 Å². The minimum Gasteiger partial charge on any atom is -0.459 e. The van der Waals surface area contributed by atoms with Gasteiger partial charge in [0, 0.05) is 6.42 Å². The SMILES string of the molecule is CCC(=O)OC(C(O)CO)C1CCCCC1. The van der Waals surface area contributed by atoms with Crippen molar-refractivity contribution >= 4 is 5.97 Å². The number of aliphatic hydroxyl groups is 2. The van der Waals surface area contributed by atoms with Gasteiger partial charge in [-0.15, -0.1) is 0 Å². The second-order valence-electron chi connectivity index (χ2n) is 4.46. The van der Waals surface area contributed by atoms with Gasteiger partial charge in [0.2, 0.25) is 0 Å². The Balaban J connectivity index is 2.57. The first-order chi connectivity index (χ1) is 7.69. The summed E-state index contributed by atoms with van der Waals surface area (Å²) in [5.74, 6) is -0.102. The minimum absolute atomic E-state index is 0.200. The molecule has 0 aromatic rings. The second kappa shape index (κ2) is 6.86. The maximum atomic E-state index is 11.3. The molecule has 0 saturated heterocycles. The van der Waals surface area contributed by atoms with Gasteiger partial charge in [0.15, 0.2) is 0 Å². The Labute approximate surface area is 96.6 Å². The van der Waals surface area contributed by atoms with Gasteiger partial charge in [-0.05, 0) is 18.8 Å². The number of ether oxygens (including phenoxy) is 1. The van der Waals surface area contributed by atoms with Crippen LogP contribution in [0.2, 0.25) is 0 Å². The Hall–Kier alpha value is -0.610. The predicted octanol–water partition coefficient (Wildman–Crippen LogP) is 1.24. The van der Waals surface area contributed by atoms with Gasteiger partial charge in [0.1, 0.15) is 12.2 Å². The van der Waals surface area contributed by atoms with Crippen molar-refractivity contribution in [1.82, 2.24) is 0 Å². The highest BCUT2D eigenvalue weighted by Gasteiger charge is 2.31. The Bertz CT molecular complexity index is 211. The average Bonchev–Trinajstić information content (AvgIpc) is 2.35. The summed E-state index contributed by atoms with van der Waals surface area (Å²) in [6, 6.07) is 0. The molecule has 16 heavy (non-hydrogen) atoms. The van der Waals surface area contributed by atoms with Crippen LogP contribution < -0.4 is 0 Å². The van der Waals surface area contributed by atoms with Gasteiger partial charge in [-0.3, -0.25) is 4.79 Å². The third-order valence-electron chi connectivity index (χ3n) is 3.24. The van der Waals surface area contributed by atoms with Crippen LogP contribution in [-0.2, 0) is 9.53 Å². The van der Waals surface area contributed by atoms with E-state index in [0.29, 0.717) is 6.42 Å². The summed E-state index contributed by atoms with van der Waals surface area (Å²) in [4.78, 5) is 11.3. The van der Waals surface area contributed by atoms with Gasteiger partial charge in [-0.2, -0.15) is 0 Å². The van der Waals surface area contributed by atoms with E-state index in [0.717, 1.165) is 25.7 Å². The second-order valence-corrected chi connectivity index (χ2v) is 4.46. The number of carbonyl (C=O) groups is 1. The highest BCUT2D eigenvalue weighted by atomic mass is 16.6. The molecule has 2 atom stereocenters. The fraction of sp³-hybridized carbons (Fsp3) is 0.917. The molecule has 1 rings (SSSR count). The molecule has 1 aliphatic rings. The summed E-state index contributed by atoms with van der Waals surface area (Å²) < 4.78 is 5.24. The number of aliphatic hydroxyl groups excluding tert-OH is 2. The van der Waals surface area contributed by atoms with Crippen molar-refractivity contribution in [3.8, 4) is 0 Å². The average molecular weight is 230 g/mol. The van der Waals surface area contributed by atoms with E-state index in [1.54, 1.807) is 6.92 Å². The van der Waals surface area contributed by atoms with E-state index in [4.69, 9.17) is 9.84 Å². The van der Waals surface area contributed by atoms with Crippen LogP contribution in [0.25, 0.3) is 0 Å². The molecule has 0 bridgehead atoms. The number of esters is 1. The first kappa shape index (κ1) is 13.5. The summed E-state index contributed by atoms with van der Waals surface area (Å²) in [6.07, 6.45) is 4.21. The van der Waals surface area contributed by atoms with Crippen molar-refractivity contribution in [3.63, 3.8) is 0 Å². The molecule has 1 aliphatic carbocycles. The fourth-order valence-corrected chi connectivity index (χ4v) is 2.29. The van der Waals surface area contributed by atoms with Crippen molar-refractivity contribution in [2.24, 2.45) is 5.92 Å². The van der Waals surface area contributed by atoms with E-state index in [1.165, 1.54) is 6.42 Å². The molecule has 94 valence electrons. The van der Waals surface area contributed by atoms with Crippen molar-refractivity contribution in [3.05, 3.63) is 0 Å². The summed E-state index contributed by atoms with van der Waals surface area (Å²) in [6.45, 7) is 1.38. The summed E-state index contributed by atoms with van der Waals surface area (Å²) in [5.41, 5.74) is 0. The highest BCUT2D eigenvalue weighted by Crippen LogP contribution is 2.29. The lowest BCUT2D eigenvalue weighted by molar-refractivity contribution is -0.162. The minimum atomic E-state index is -0.946. The Morgan fingerprint density at radius 1 is 1.38 bits per heavy atom. The number of carbonyl (C=O) groups excluding carboxylic acids is 1. The van der Waals surface area contributed by atoms with E-state index in [9.17, 15) is 9.90 Å². The summed E-state index contributed by atoms with van der Waals surface area (Å²) >= 11 is 0. The molecule has 0 spiro atoms. The Morgan fingerprint density at radius 2 is 2.00 bits per heavy atom. The van der Waals surface area contributed by atoms with Crippen LogP contribution in [-0.4, -0.2) is 35.0 Å². The van der Waals surface area contributed by atoms with Gasteiger partial charge in [0.05, 0.1) is 6.61 Å². The Kier molecular flexibility index (Phi) is 5.77. The van der Waals surface area contributed by atoms with Gasteiger partial charge < -0.3 is 14.9 Å². The van der Waals surface area contributed by atoms with Crippen LogP contribution in [0.15, 0.2) is 0 Å². The smallest absolute Gasteiger partial charge is 0.305 e. The molecule has 4 nitrogen and oxygen atoms in total. The Morgan fingerprint density at radius 3 is 2.50 bits per heavy atom. The largest absolute Gasteiger partial charge is 0.459 e. The highest BCUT2D eigenvalue weighted by molar-refractivity contribution is 5.69. The molecule has 0 radical (unpaired) electrons. The van der Waals surface area contributed by atoms with Crippen molar-refractivity contribution in [1.29, 1.82) is 0 Å². The third-order valence-corrected chi connectivity index (χ3v) is 3.24. The number of rotatable bonds is 5. The van der Waals surface area contributed by atoms with Gasteiger partial charge in [-0.25, -0.2) is 0 Å². The molecule has 0 aliphatic heterocycles. The maximum Gasteiger partial charge on any atom is 0.305 e. The van der Waals surface area contributed by atoms with Crippen LogP contribution >= 0.6 is 0 Å². The zero-order chi connectivity index (χ0) is 12.0. The first-order valence-corrected chi connectivity index (χ1v) is 6.17. The molecule has 0 heterocycles. The van der Waals surface area contributed by atoms with Crippen LogP contribution in [0.4, 0.5) is 0 Å². The lowest BCUT2D eigenvalue weighted by Crippen LogP contribution is -2.40. The molecule has 1 fully saturated rings. The maximum absolute atomic E-state index is 11.3. The number of hydrogen-bond donors (Lipinski definition) is 2. The lowest BCUT2D eigenvalue weighted by atomic mass is 9.83. The van der Waals surface area contributed by atoms with Gasteiger partial charge in [0.25, 0.3) is 0 Å². The molecule has 0 aromatic heterocycles. The summed E-state index contributed by atoms with van der Waals surface area (Å²) in [7, 11) is 0. The van der Waals surface area contributed by atoms with Crippen molar-refractivity contribution in [2.45, 2.75) is 57.7 Å². The predicted molar refractivity (Wildman–Crippen MR) is 59.8 cm³/mol. The van der Waals surface area contributed by atoms with Crippen molar-refractivity contribution < 1.29 is 19.7 Å². The van der Waals surface area contributed by atoms with Gasteiger partial charge >= 0.3 is 5.97 Å². The zero-order valence-corrected chi connectivity index (χ0v) is 9.89. The van der Waals surface area contributed by atoms with E-state index in [2.05, 4.69) is 0 Å². The molecular formula is C12H22O4. The zero-order valence-electron chi connectivity index (χ0n) is 9.89. The van der Waals surface area contributed by atoms with E-state index in [-0.39, 0.29) is 18.5 Å². The summed E-state index contributed by atoms with van der Waals surface area (Å²) in [5, 5.41) is 18.7. The molecule has 0 aromatic carbocycles. The van der Waals surface area contributed by atoms with Crippen LogP contribution in [0, 0.1) is 5.92 Å². The third kappa shape index (κ3) is 3.76. The molecule has 2 N–H and O–H groups in total. The number of hydrogen-bond acceptors (Lipinski definition) is 4. The quantitative estimate of drug-likeness (QED) is 0.697. The lowest BCUT2D eigenvalue weighted by Gasteiger charge is -2.32. The normalized spacial score (nSPS) is 21.4. The molecular weight excluding hydrogens is 208 g/mol.